The molecule has 86 heavy (non-hydrogen) atoms. The first-order chi connectivity index (χ1) is 42.7. The lowest BCUT2D eigenvalue weighted by Crippen LogP contribution is -2.05. The van der Waals surface area contributed by atoms with Gasteiger partial charge in [0.1, 0.15) is 0 Å². The minimum atomic E-state index is 0.640. The highest BCUT2D eigenvalue weighted by atomic mass is 15.2. The molecule has 5 aromatic heterocycles. The summed E-state index contributed by atoms with van der Waals surface area (Å²) in [4.78, 5) is 11.4. The number of benzene rings is 13. The van der Waals surface area contributed by atoms with Crippen LogP contribution < -0.4 is 0 Å². The Morgan fingerprint density at radius 1 is 0.221 bits per heavy atom. The lowest BCUT2D eigenvalue weighted by molar-refractivity contribution is 0.999. The van der Waals surface area contributed by atoms with Crippen molar-refractivity contribution in [1.82, 2.24) is 28.2 Å². The van der Waals surface area contributed by atoms with Crippen molar-refractivity contribution in [3.63, 3.8) is 0 Å². The molecule has 6 heteroatoms. The molecule has 0 amide bonds. The van der Waals surface area contributed by atoms with E-state index in [-0.39, 0.29) is 0 Å². The fourth-order valence-electron chi connectivity index (χ4n) is 14.5. The van der Waals surface area contributed by atoms with Gasteiger partial charge in [-0.25, -0.2) is 9.97 Å². The van der Waals surface area contributed by atoms with Crippen molar-refractivity contribution in [3.05, 3.63) is 291 Å². The molecule has 0 bridgehead atoms. The second kappa shape index (κ2) is 18.0. The minimum Gasteiger partial charge on any atom is -0.309 e. The lowest BCUT2D eigenvalue weighted by Gasteiger charge is -2.15. The summed E-state index contributed by atoms with van der Waals surface area (Å²) in [6.07, 6.45) is 0. The summed E-state index contributed by atoms with van der Waals surface area (Å²) in [5.74, 6) is 0.640. The Balaban J connectivity index is 0.742. The van der Waals surface area contributed by atoms with Crippen LogP contribution in [0, 0.1) is 0 Å². The molecular weight excluding hydrogens is 1040 g/mol. The van der Waals surface area contributed by atoms with Crippen molar-refractivity contribution in [2.24, 2.45) is 0 Å². The van der Waals surface area contributed by atoms with Gasteiger partial charge in [0.25, 0.3) is 0 Å². The van der Waals surface area contributed by atoms with Gasteiger partial charge in [0.2, 0.25) is 5.95 Å². The van der Waals surface area contributed by atoms with E-state index in [0.717, 1.165) is 89.1 Å². The van der Waals surface area contributed by atoms with E-state index in [1.807, 2.05) is 0 Å². The van der Waals surface area contributed by atoms with Crippen molar-refractivity contribution in [3.8, 4) is 78.9 Å². The van der Waals surface area contributed by atoms with Gasteiger partial charge >= 0.3 is 0 Å². The van der Waals surface area contributed by atoms with Crippen LogP contribution in [0.2, 0.25) is 0 Å². The molecule has 13 aromatic carbocycles. The largest absolute Gasteiger partial charge is 0.309 e. The van der Waals surface area contributed by atoms with Gasteiger partial charge in [-0.15, -0.1) is 0 Å². The average Bonchev–Trinajstić information content (AvgIpc) is 1.96. The van der Waals surface area contributed by atoms with E-state index < -0.39 is 0 Å². The first-order valence-electron chi connectivity index (χ1n) is 29.5. The number of rotatable bonds is 7. The first-order valence-corrected chi connectivity index (χ1v) is 29.5. The van der Waals surface area contributed by atoms with Crippen molar-refractivity contribution < 1.29 is 0 Å². The van der Waals surface area contributed by atoms with Crippen molar-refractivity contribution in [2.45, 2.75) is 0 Å². The van der Waals surface area contributed by atoms with Gasteiger partial charge in [0, 0.05) is 76.8 Å². The number of hydrogen-bond acceptors (Lipinski definition) is 2. The van der Waals surface area contributed by atoms with Gasteiger partial charge in [-0.3, -0.25) is 4.57 Å². The van der Waals surface area contributed by atoms with Crippen LogP contribution in [0.15, 0.2) is 291 Å². The third kappa shape index (κ3) is 6.72. The molecule has 0 aliphatic heterocycles. The normalized spacial score (nSPS) is 12.2. The molecule has 0 atom stereocenters. The Morgan fingerprint density at radius 2 is 0.558 bits per heavy atom. The summed E-state index contributed by atoms with van der Waals surface area (Å²) in [6.45, 7) is 0. The van der Waals surface area contributed by atoms with Gasteiger partial charge < -0.3 is 13.7 Å². The standard InChI is InChI=1S/C80H48N6/c1-3-19-55(20-4-1)83-68-29-11-7-23-58(68)64-45-51(35-41-72(64)83)52-37-43-74-66(47-52)60-25-9-13-31-70(60)85(74)57-39-33-50(34-40-57)78-77-62-27-15-17-49-18-16-28-63(76(49)62)79(77)82-80(81-78)86-71-32-14-10-26-61(71)67-48-54(38-44-75(67)86)53-36-42-73-65(46-53)59-24-8-12-30-69(59)84(73)56-21-5-2-6-22-56/h1-48H. The zero-order valence-electron chi connectivity index (χ0n) is 46.4. The molecule has 0 spiro atoms. The molecule has 0 fully saturated rings. The van der Waals surface area contributed by atoms with Crippen molar-refractivity contribution in [2.75, 3.05) is 0 Å². The summed E-state index contributed by atoms with van der Waals surface area (Å²) in [5, 5.41) is 12.1. The average molecular weight is 1090 g/mol. The minimum absolute atomic E-state index is 0.640. The second-order valence-electron chi connectivity index (χ2n) is 22.9. The number of fused-ring (bicyclic) bond motifs is 15. The third-order valence-corrected chi connectivity index (χ3v) is 18.3. The Labute approximate surface area is 493 Å². The summed E-state index contributed by atoms with van der Waals surface area (Å²) in [6, 6.07) is 106. The van der Waals surface area contributed by atoms with Crippen LogP contribution in [0.4, 0.5) is 0 Å². The molecule has 18 aromatic rings. The molecule has 1 aliphatic carbocycles. The van der Waals surface area contributed by atoms with E-state index >= 15 is 0 Å². The lowest BCUT2D eigenvalue weighted by atomic mass is 9.99. The molecule has 0 unspecified atom stereocenters. The highest BCUT2D eigenvalue weighted by Gasteiger charge is 2.30. The Kier molecular flexibility index (Phi) is 9.80. The van der Waals surface area contributed by atoms with Crippen LogP contribution >= 0.6 is 0 Å². The van der Waals surface area contributed by atoms with Gasteiger partial charge in [-0.05, 0) is 148 Å². The fourth-order valence-corrected chi connectivity index (χ4v) is 14.5. The Bertz CT molecular complexity index is 5870. The molecule has 0 N–H and O–H groups in total. The molecule has 5 heterocycles. The monoisotopic (exact) mass is 1090 g/mol. The van der Waals surface area contributed by atoms with E-state index in [4.69, 9.17) is 9.97 Å². The van der Waals surface area contributed by atoms with Crippen LogP contribution in [0.5, 0.6) is 0 Å². The molecule has 398 valence electrons. The van der Waals surface area contributed by atoms with E-state index in [9.17, 15) is 0 Å². The summed E-state index contributed by atoms with van der Waals surface area (Å²) < 4.78 is 9.44. The maximum atomic E-state index is 5.72. The fraction of sp³-hybridized carbons (Fsp3) is 0. The summed E-state index contributed by atoms with van der Waals surface area (Å²) >= 11 is 0. The molecule has 0 saturated carbocycles. The predicted octanol–water partition coefficient (Wildman–Crippen LogP) is 20.7. The van der Waals surface area contributed by atoms with E-state index in [0.29, 0.717) is 5.95 Å². The maximum absolute atomic E-state index is 5.72. The van der Waals surface area contributed by atoms with E-state index in [1.165, 1.54) is 81.8 Å². The van der Waals surface area contributed by atoms with Crippen LogP contribution in [0.1, 0.15) is 0 Å². The van der Waals surface area contributed by atoms with Crippen LogP contribution in [-0.4, -0.2) is 28.2 Å². The zero-order valence-corrected chi connectivity index (χ0v) is 46.4. The number of nitrogens with zero attached hydrogens (tertiary/aromatic N) is 6. The summed E-state index contributed by atoms with van der Waals surface area (Å²) in [7, 11) is 0. The molecule has 6 nitrogen and oxygen atoms in total. The smallest absolute Gasteiger partial charge is 0.235 e. The number of hydrogen-bond donors (Lipinski definition) is 0. The molecule has 0 saturated heterocycles. The first kappa shape index (κ1) is 46.9. The summed E-state index contributed by atoms with van der Waals surface area (Å²) in [5.41, 5.74) is 23.5. The van der Waals surface area contributed by atoms with Crippen LogP contribution in [0.3, 0.4) is 0 Å². The SMILES string of the molecule is c1ccc(-n2c3ccccc3c3cc(-c4ccc5c(c4)c4ccccc4n5-c4ccc(-c5nc(-n6c7ccccc7c7cc(-c8ccc9c(c8)c8ccccc8n9-c8ccccc8)ccc76)nc6c5-c5cccc7cccc-6c57)cc4)ccc32)cc1. The van der Waals surface area contributed by atoms with Crippen molar-refractivity contribution in [1.29, 1.82) is 0 Å². The molecule has 0 radical (unpaired) electrons. The topological polar surface area (TPSA) is 45.5 Å². The van der Waals surface area contributed by atoms with E-state index in [2.05, 4.69) is 309 Å². The number of aromatic nitrogens is 6. The van der Waals surface area contributed by atoms with Crippen LogP contribution in [-0.2, 0) is 0 Å². The van der Waals surface area contributed by atoms with E-state index in [1.54, 1.807) is 0 Å². The molecule has 19 rings (SSSR count). The highest BCUT2D eigenvalue weighted by molar-refractivity contribution is 6.18. The molecular formula is C80H48N6. The second-order valence-corrected chi connectivity index (χ2v) is 22.9. The Hall–Kier alpha value is -11.6. The predicted molar refractivity (Wildman–Crippen MR) is 358 cm³/mol. The highest BCUT2D eigenvalue weighted by Crippen LogP contribution is 2.51. The van der Waals surface area contributed by atoms with Crippen molar-refractivity contribution >= 4 is 98.0 Å². The van der Waals surface area contributed by atoms with Gasteiger partial charge in [-0.2, -0.15) is 0 Å². The van der Waals surface area contributed by atoms with Gasteiger partial charge in [-0.1, -0.05) is 182 Å². The molecule has 1 aliphatic rings. The quantitative estimate of drug-likeness (QED) is 0.160. The van der Waals surface area contributed by atoms with Gasteiger partial charge in [0.15, 0.2) is 0 Å². The maximum Gasteiger partial charge on any atom is 0.235 e. The van der Waals surface area contributed by atoms with Crippen LogP contribution in [0.25, 0.3) is 177 Å². The van der Waals surface area contributed by atoms with Gasteiger partial charge in [0.05, 0.1) is 55.5 Å². The third-order valence-electron chi connectivity index (χ3n) is 18.3. The Morgan fingerprint density at radius 3 is 1.00 bits per heavy atom. The zero-order chi connectivity index (χ0) is 56.1. The number of para-hydroxylation sites is 6.